The van der Waals surface area contributed by atoms with Crippen LogP contribution in [0.4, 0.5) is 0 Å². The monoisotopic (exact) mass is 240 g/mol. The molecule has 1 saturated carbocycles. The SMILES string of the molecule is CCOCCN1C(=O)C(C)NC1C1CCCC1. The molecule has 1 saturated heterocycles. The van der Waals surface area contributed by atoms with Crippen molar-refractivity contribution in [1.82, 2.24) is 10.2 Å². The predicted molar refractivity (Wildman–Crippen MR) is 66.5 cm³/mol. The zero-order valence-corrected chi connectivity index (χ0v) is 10.9. The summed E-state index contributed by atoms with van der Waals surface area (Å²) in [5.41, 5.74) is 0. The number of amides is 1. The number of nitrogens with zero attached hydrogens (tertiary/aromatic N) is 1. The first-order valence-corrected chi connectivity index (χ1v) is 6.88. The predicted octanol–water partition coefficient (Wildman–Crippen LogP) is 1.36. The standard InChI is InChI=1S/C13H24N2O2/c1-3-17-9-8-15-12(11-6-4-5-7-11)14-10(2)13(15)16/h10-12,14H,3-9H2,1-2H3. The van der Waals surface area contributed by atoms with Crippen molar-refractivity contribution in [3.63, 3.8) is 0 Å². The van der Waals surface area contributed by atoms with Crippen molar-refractivity contribution in [3.05, 3.63) is 0 Å². The van der Waals surface area contributed by atoms with Crippen LogP contribution in [-0.2, 0) is 9.53 Å². The summed E-state index contributed by atoms with van der Waals surface area (Å²) in [6.45, 7) is 6.05. The summed E-state index contributed by atoms with van der Waals surface area (Å²) >= 11 is 0. The van der Waals surface area contributed by atoms with Crippen LogP contribution in [0.5, 0.6) is 0 Å². The van der Waals surface area contributed by atoms with Gasteiger partial charge in [0.15, 0.2) is 0 Å². The summed E-state index contributed by atoms with van der Waals surface area (Å²) in [6.07, 6.45) is 5.38. The van der Waals surface area contributed by atoms with Gasteiger partial charge in [-0.1, -0.05) is 12.8 Å². The zero-order chi connectivity index (χ0) is 12.3. The molecule has 2 fully saturated rings. The van der Waals surface area contributed by atoms with E-state index in [2.05, 4.69) is 5.32 Å². The van der Waals surface area contributed by atoms with Gasteiger partial charge in [-0.05, 0) is 32.6 Å². The number of carbonyl (C=O) groups is 1. The molecule has 2 atom stereocenters. The highest BCUT2D eigenvalue weighted by Gasteiger charge is 2.40. The minimum atomic E-state index is -0.0257. The van der Waals surface area contributed by atoms with Crippen LogP contribution in [0.15, 0.2) is 0 Å². The summed E-state index contributed by atoms with van der Waals surface area (Å²) in [5.74, 6) is 0.882. The number of hydrogen-bond acceptors (Lipinski definition) is 3. The van der Waals surface area contributed by atoms with Gasteiger partial charge in [-0.25, -0.2) is 0 Å². The van der Waals surface area contributed by atoms with E-state index >= 15 is 0 Å². The Morgan fingerprint density at radius 3 is 2.76 bits per heavy atom. The van der Waals surface area contributed by atoms with Gasteiger partial charge in [0.05, 0.1) is 18.8 Å². The number of hydrogen-bond donors (Lipinski definition) is 1. The first-order chi connectivity index (χ1) is 8.24. The molecule has 0 spiro atoms. The van der Waals surface area contributed by atoms with Crippen molar-refractivity contribution >= 4 is 5.91 Å². The molecule has 1 aliphatic carbocycles. The molecule has 4 heteroatoms. The molecule has 4 nitrogen and oxygen atoms in total. The number of nitrogens with one attached hydrogen (secondary N) is 1. The van der Waals surface area contributed by atoms with Crippen molar-refractivity contribution in [2.45, 2.75) is 51.7 Å². The van der Waals surface area contributed by atoms with E-state index in [1.807, 2.05) is 18.7 Å². The molecule has 1 aliphatic heterocycles. The molecule has 2 unspecified atom stereocenters. The molecule has 0 radical (unpaired) electrons. The fourth-order valence-electron chi connectivity index (χ4n) is 3.02. The molecule has 0 bridgehead atoms. The lowest BCUT2D eigenvalue weighted by Crippen LogP contribution is -2.44. The molecule has 0 aromatic heterocycles. The van der Waals surface area contributed by atoms with Gasteiger partial charge >= 0.3 is 0 Å². The highest BCUT2D eigenvalue weighted by molar-refractivity contribution is 5.83. The van der Waals surface area contributed by atoms with Crippen LogP contribution in [0.1, 0.15) is 39.5 Å². The second-order valence-corrected chi connectivity index (χ2v) is 5.11. The third-order valence-electron chi connectivity index (χ3n) is 3.94. The molecule has 0 aromatic carbocycles. The quantitative estimate of drug-likeness (QED) is 0.738. The van der Waals surface area contributed by atoms with E-state index in [-0.39, 0.29) is 18.1 Å². The normalized spacial score (nSPS) is 30.5. The zero-order valence-electron chi connectivity index (χ0n) is 10.9. The summed E-state index contributed by atoms with van der Waals surface area (Å²) in [5, 5.41) is 3.44. The largest absolute Gasteiger partial charge is 0.380 e. The van der Waals surface area contributed by atoms with Crippen LogP contribution in [0, 0.1) is 5.92 Å². The van der Waals surface area contributed by atoms with Gasteiger partial charge in [-0.2, -0.15) is 0 Å². The average molecular weight is 240 g/mol. The van der Waals surface area contributed by atoms with Crippen LogP contribution >= 0.6 is 0 Å². The summed E-state index contributed by atoms with van der Waals surface area (Å²) in [4.78, 5) is 14.1. The van der Waals surface area contributed by atoms with Crippen molar-refractivity contribution < 1.29 is 9.53 Å². The van der Waals surface area contributed by atoms with E-state index in [9.17, 15) is 4.79 Å². The van der Waals surface area contributed by atoms with E-state index in [0.717, 1.165) is 13.2 Å². The smallest absolute Gasteiger partial charge is 0.240 e. The van der Waals surface area contributed by atoms with Crippen LogP contribution in [0.25, 0.3) is 0 Å². The Hall–Kier alpha value is -0.610. The summed E-state index contributed by atoms with van der Waals surface area (Å²) in [7, 11) is 0. The third kappa shape index (κ3) is 2.80. The molecule has 0 aromatic rings. The van der Waals surface area contributed by atoms with Crippen molar-refractivity contribution in [1.29, 1.82) is 0 Å². The number of carbonyl (C=O) groups excluding carboxylic acids is 1. The molecule has 2 rings (SSSR count). The summed E-state index contributed by atoms with van der Waals surface area (Å²) in [6, 6.07) is -0.0257. The van der Waals surface area contributed by atoms with Crippen molar-refractivity contribution in [2.24, 2.45) is 5.92 Å². The maximum Gasteiger partial charge on any atom is 0.240 e. The molecular weight excluding hydrogens is 216 g/mol. The van der Waals surface area contributed by atoms with Crippen LogP contribution in [-0.4, -0.2) is 42.8 Å². The van der Waals surface area contributed by atoms with Gasteiger partial charge in [-0.15, -0.1) is 0 Å². The lowest BCUT2D eigenvalue weighted by molar-refractivity contribution is -0.131. The number of ether oxygens (including phenoxy) is 1. The van der Waals surface area contributed by atoms with E-state index in [4.69, 9.17) is 4.74 Å². The highest BCUT2D eigenvalue weighted by atomic mass is 16.5. The Balaban J connectivity index is 1.94. The molecule has 2 aliphatic rings. The lowest BCUT2D eigenvalue weighted by atomic mass is 10.0. The van der Waals surface area contributed by atoms with Crippen molar-refractivity contribution in [2.75, 3.05) is 19.8 Å². The Bertz CT molecular complexity index is 264. The van der Waals surface area contributed by atoms with E-state index in [1.54, 1.807) is 0 Å². The van der Waals surface area contributed by atoms with E-state index < -0.39 is 0 Å². The lowest BCUT2D eigenvalue weighted by Gasteiger charge is -2.28. The minimum Gasteiger partial charge on any atom is -0.380 e. The molecular formula is C13H24N2O2. The Morgan fingerprint density at radius 1 is 1.41 bits per heavy atom. The van der Waals surface area contributed by atoms with E-state index in [0.29, 0.717) is 12.5 Å². The van der Waals surface area contributed by atoms with Gasteiger partial charge in [0.25, 0.3) is 0 Å². The molecule has 17 heavy (non-hydrogen) atoms. The average Bonchev–Trinajstić information content (AvgIpc) is 2.92. The third-order valence-corrected chi connectivity index (χ3v) is 3.94. The fourth-order valence-corrected chi connectivity index (χ4v) is 3.02. The Morgan fingerprint density at radius 2 is 2.12 bits per heavy atom. The highest BCUT2D eigenvalue weighted by Crippen LogP contribution is 2.31. The maximum atomic E-state index is 12.1. The van der Waals surface area contributed by atoms with Gasteiger partial charge in [0.2, 0.25) is 5.91 Å². The van der Waals surface area contributed by atoms with Gasteiger partial charge in [0, 0.05) is 13.2 Å². The molecule has 1 amide bonds. The molecule has 98 valence electrons. The van der Waals surface area contributed by atoms with E-state index in [1.165, 1.54) is 25.7 Å². The van der Waals surface area contributed by atoms with Gasteiger partial charge < -0.3 is 9.64 Å². The number of rotatable bonds is 5. The van der Waals surface area contributed by atoms with Crippen LogP contribution in [0.3, 0.4) is 0 Å². The van der Waals surface area contributed by atoms with Gasteiger partial charge in [-0.3, -0.25) is 10.1 Å². The Kier molecular flexibility index (Phi) is 4.40. The fraction of sp³-hybridized carbons (Fsp3) is 0.923. The van der Waals surface area contributed by atoms with Crippen molar-refractivity contribution in [3.8, 4) is 0 Å². The second kappa shape index (κ2) is 5.83. The molecule has 1 N–H and O–H groups in total. The topological polar surface area (TPSA) is 41.6 Å². The van der Waals surface area contributed by atoms with Gasteiger partial charge in [0.1, 0.15) is 0 Å². The second-order valence-electron chi connectivity index (χ2n) is 5.11. The first-order valence-electron chi connectivity index (χ1n) is 6.88. The minimum absolute atomic E-state index is 0.0257. The van der Waals surface area contributed by atoms with Crippen LogP contribution < -0.4 is 5.32 Å². The maximum absolute atomic E-state index is 12.1. The Labute approximate surface area is 104 Å². The first kappa shape index (κ1) is 12.8. The summed E-state index contributed by atoms with van der Waals surface area (Å²) < 4.78 is 5.37. The van der Waals surface area contributed by atoms with Crippen LogP contribution in [0.2, 0.25) is 0 Å². The molecule has 1 heterocycles.